The first-order valence-corrected chi connectivity index (χ1v) is 7.54. The smallest absolute Gasteiger partial charge is 0.263 e. The largest absolute Gasteiger partial charge is 0.275 e. The lowest BCUT2D eigenvalue weighted by Gasteiger charge is -2.10. The zero-order valence-electron chi connectivity index (χ0n) is 9.84. The van der Waals surface area contributed by atoms with E-state index in [4.69, 9.17) is 5.26 Å². The minimum absolute atomic E-state index is 0.0935. The second-order valence-corrected chi connectivity index (χ2v) is 6.23. The molecule has 0 amide bonds. The van der Waals surface area contributed by atoms with Crippen molar-refractivity contribution < 1.29 is 12.8 Å². The van der Waals surface area contributed by atoms with Crippen molar-refractivity contribution in [1.82, 2.24) is 4.98 Å². The predicted molar refractivity (Wildman–Crippen MR) is 73.9 cm³/mol. The maximum Gasteiger partial charge on any atom is 0.263 e. The van der Waals surface area contributed by atoms with E-state index in [1.807, 2.05) is 0 Å². The molecule has 0 bridgehead atoms. The normalized spacial score (nSPS) is 10.8. The SMILES string of the molecule is N#Cc1ccc(S(=O)(=O)Nc2c(F)cccc2Br)cn1. The number of nitrogens with one attached hydrogen (secondary N) is 1. The Morgan fingerprint density at radius 1 is 1.30 bits per heavy atom. The molecule has 5 nitrogen and oxygen atoms in total. The van der Waals surface area contributed by atoms with Gasteiger partial charge in [0.15, 0.2) is 0 Å². The molecule has 0 atom stereocenters. The van der Waals surface area contributed by atoms with Gasteiger partial charge in [-0.25, -0.2) is 17.8 Å². The van der Waals surface area contributed by atoms with E-state index in [-0.39, 0.29) is 20.7 Å². The fourth-order valence-electron chi connectivity index (χ4n) is 1.39. The van der Waals surface area contributed by atoms with Gasteiger partial charge in [0, 0.05) is 10.7 Å². The van der Waals surface area contributed by atoms with E-state index in [1.165, 1.54) is 24.3 Å². The first kappa shape index (κ1) is 14.4. The van der Waals surface area contributed by atoms with Gasteiger partial charge < -0.3 is 0 Å². The number of sulfonamides is 1. The van der Waals surface area contributed by atoms with Gasteiger partial charge in [0.05, 0.1) is 5.69 Å². The van der Waals surface area contributed by atoms with Gasteiger partial charge in [0.1, 0.15) is 22.5 Å². The Labute approximate surface area is 123 Å². The van der Waals surface area contributed by atoms with E-state index >= 15 is 0 Å². The molecule has 1 aromatic heterocycles. The quantitative estimate of drug-likeness (QED) is 0.917. The van der Waals surface area contributed by atoms with Crippen LogP contribution in [0.1, 0.15) is 5.69 Å². The van der Waals surface area contributed by atoms with Crippen LogP contribution in [-0.4, -0.2) is 13.4 Å². The number of hydrogen-bond donors (Lipinski definition) is 1. The lowest BCUT2D eigenvalue weighted by Crippen LogP contribution is -2.14. The van der Waals surface area contributed by atoms with Crippen LogP contribution in [0.3, 0.4) is 0 Å². The number of nitrogens with zero attached hydrogens (tertiary/aromatic N) is 2. The fraction of sp³-hybridized carbons (Fsp3) is 0. The van der Waals surface area contributed by atoms with Crippen LogP contribution in [0.4, 0.5) is 10.1 Å². The zero-order chi connectivity index (χ0) is 14.8. The molecule has 0 radical (unpaired) electrons. The third-order valence-corrected chi connectivity index (χ3v) is 4.36. The summed E-state index contributed by atoms with van der Waals surface area (Å²) in [5.41, 5.74) is -0.0899. The molecular formula is C12H7BrFN3O2S. The molecule has 0 saturated heterocycles. The summed E-state index contributed by atoms with van der Waals surface area (Å²) < 4.78 is 40.2. The third kappa shape index (κ3) is 2.95. The fourth-order valence-corrected chi connectivity index (χ4v) is 3.00. The number of benzene rings is 1. The monoisotopic (exact) mass is 355 g/mol. The van der Waals surface area contributed by atoms with Crippen molar-refractivity contribution in [2.45, 2.75) is 4.90 Å². The first-order valence-electron chi connectivity index (χ1n) is 5.27. The Morgan fingerprint density at radius 3 is 2.60 bits per heavy atom. The molecule has 1 N–H and O–H groups in total. The summed E-state index contributed by atoms with van der Waals surface area (Å²) in [6.07, 6.45) is 1.04. The maximum absolute atomic E-state index is 13.6. The average Bonchev–Trinajstić information content (AvgIpc) is 2.43. The van der Waals surface area contributed by atoms with Crippen molar-refractivity contribution >= 4 is 31.6 Å². The van der Waals surface area contributed by atoms with E-state index in [0.717, 1.165) is 12.3 Å². The summed E-state index contributed by atoms with van der Waals surface area (Å²) >= 11 is 3.07. The van der Waals surface area contributed by atoms with Crippen molar-refractivity contribution in [3.8, 4) is 6.07 Å². The van der Waals surface area contributed by atoms with E-state index < -0.39 is 15.8 Å². The Kier molecular flexibility index (Phi) is 4.01. The molecule has 0 saturated carbocycles. The number of pyridine rings is 1. The summed E-state index contributed by atoms with van der Waals surface area (Å²) in [5.74, 6) is -0.704. The summed E-state index contributed by atoms with van der Waals surface area (Å²) in [7, 11) is -3.98. The van der Waals surface area contributed by atoms with Gasteiger partial charge in [0.2, 0.25) is 0 Å². The van der Waals surface area contributed by atoms with Gasteiger partial charge in [0.25, 0.3) is 10.0 Å². The predicted octanol–water partition coefficient (Wildman–Crippen LogP) is 2.66. The van der Waals surface area contributed by atoms with Crippen LogP contribution in [0.15, 0.2) is 45.9 Å². The van der Waals surface area contributed by atoms with Crippen LogP contribution in [-0.2, 0) is 10.0 Å². The van der Waals surface area contributed by atoms with E-state index in [9.17, 15) is 12.8 Å². The number of nitriles is 1. The minimum atomic E-state index is -3.98. The Balaban J connectivity index is 2.38. The molecule has 20 heavy (non-hydrogen) atoms. The van der Waals surface area contributed by atoms with E-state index in [1.54, 1.807) is 6.07 Å². The van der Waals surface area contributed by atoms with Gasteiger partial charge in [-0.1, -0.05) is 6.07 Å². The lowest BCUT2D eigenvalue weighted by molar-refractivity contribution is 0.598. The number of rotatable bonds is 3. The van der Waals surface area contributed by atoms with Crippen molar-refractivity contribution in [2.24, 2.45) is 0 Å². The summed E-state index contributed by atoms with van der Waals surface area (Å²) in [6, 6.07) is 8.37. The Hall–Kier alpha value is -1.98. The van der Waals surface area contributed by atoms with E-state index in [2.05, 4.69) is 25.6 Å². The molecule has 0 unspecified atom stereocenters. The third-order valence-electron chi connectivity index (χ3n) is 2.36. The molecule has 0 spiro atoms. The van der Waals surface area contributed by atoms with Crippen LogP contribution in [0.5, 0.6) is 0 Å². The second kappa shape index (κ2) is 5.56. The summed E-state index contributed by atoms with van der Waals surface area (Å²) in [4.78, 5) is 3.50. The van der Waals surface area contributed by atoms with Crippen LogP contribution >= 0.6 is 15.9 Å². The van der Waals surface area contributed by atoms with Crippen LogP contribution in [0.25, 0.3) is 0 Å². The molecule has 1 aromatic carbocycles. The molecule has 1 heterocycles. The van der Waals surface area contributed by atoms with Gasteiger partial charge in [-0.15, -0.1) is 0 Å². The maximum atomic E-state index is 13.6. The average molecular weight is 356 g/mol. The molecular weight excluding hydrogens is 349 g/mol. The lowest BCUT2D eigenvalue weighted by atomic mass is 10.3. The number of aromatic nitrogens is 1. The number of para-hydroxylation sites is 1. The summed E-state index contributed by atoms with van der Waals surface area (Å²) in [5, 5.41) is 8.61. The topological polar surface area (TPSA) is 82.8 Å². The van der Waals surface area contributed by atoms with Gasteiger partial charge in [-0.05, 0) is 40.2 Å². The van der Waals surface area contributed by atoms with Gasteiger partial charge in [-0.2, -0.15) is 5.26 Å². The Morgan fingerprint density at radius 2 is 2.05 bits per heavy atom. The molecule has 0 aliphatic carbocycles. The highest BCUT2D eigenvalue weighted by atomic mass is 79.9. The first-order chi connectivity index (χ1) is 9.44. The number of anilines is 1. The van der Waals surface area contributed by atoms with Gasteiger partial charge in [-0.3, -0.25) is 4.72 Å². The highest BCUT2D eigenvalue weighted by molar-refractivity contribution is 9.10. The van der Waals surface area contributed by atoms with Gasteiger partial charge >= 0.3 is 0 Å². The standard InChI is InChI=1S/C12H7BrFN3O2S/c13-10-2-1-3-11(14)12(10)17-20(18,19)9-5-4-8(6-15)16-7-9/h1-5,7,17H. The Bertz CT molecular complexity index is 765. The molecule has 0 fully saturated rings. The van der Waals surface area contributed by atoms with Crippen molar-refractivity contribution in [3.63, 3.8) is 0 Å². The number of halogens is 2. The van der Waals surface area contributed by atoms with Crippen LogP contribution in [0, 0.1) is 17.1 Å². The van der Waals surface area contributed by atoms with Crippen molar-refractivity contribution in [3.05, 3.63) is 52.5 Å². The highest BCUT2D eigenvalue weighted by Crippen LogP contribution is 2.27. The number of hydrogen-bond acceptors (Lipinski definition) is 4. The molecule has 8 heteroatoms. The minimum Gasteiger partial charge on any atom is -0.275 e. The molecule has 2 aromatic rings. The van der Waals surface area contributed by atoms with E-state index in [0.29, 0.717) is 0 Å². The molecule has 0 aliphatic heterocycles. The molecule has 102 valence electrons. The zero-order valence-corrected chi connectivity index (χ0v) is 12.2. The van der Waals surface area contributed by atoms with Crippen molar-refractivity contribution in [2.75, 3.05) is 4.72 Å². The van der Waals surface area contributed by atoms with Crippen molar-refractivity contribution in [1.29, 1.82) is 5.26 Å². The summed E-state index contributed by atoms with van der Waals surface area (Å²) in [6.45, 7) is 0. The second-order valence-electron chi connectivity index (χ2n) is 3.69. The van der Waals surface area contributed by atoms with Crippen LogP contribution in [0.2, 0.25) is 0 Å². The molecule has 0 aliphatic rings. The molecule has 2 rings (SSSR count). The van der Waals surface area contributed by atoms with Crippen LogP contribution < -0.4 is 4.72 Å². The highest BCUT2D eigenvalue weighted by Gasteiger charge is 2.18.